The van der Waals surface area contributed by atoms with Crippen LogP contribution in [0.15, 0.2) is 48.5 Å². The van der Waals surface area contributed by atoms with E-state index in [2.05, 4.69) is 0 Å². The Morgan fingerprint density at radius 2 is 1.25 bits per heavy atom. The quantitative estimate of drug-likeness (QED) is 0.846. The lowest BCUT2D eigenvalue weighted by Crippen LogP contribution is -2.01. The maximum Gasteiger partial charge on any atom is 0.335 e. The van der Waals surface area contributed by atoms with Gasteiger partial charge in [-0.2, -0.15) is 0 Å². The van der Waals surface area contributed by atoms with Crippen LogP contribution in [0.5, 0.6) is 0 Å². The van der Waals surface area contributed by atoms with E-state index in [1.165, 1.54) is 24.3 Å². The topological polar surface area (TPSA) is 74.6 Å². The first-order valence-electron chi connectivity index (χ1n) is 5.79. The highest BCUT2D eigenvalue weighted by Crippen LogP contribution is 2.29. The van der Waals surface area contributed by atoms with E-state index in [0.717, 1.165) is 0 Å². The minimum Gasteiger partial charge on any atom is -0.478 e. The Balaban J connectivity index is 2.38. The number of benzene rings is 2. The maximum absolute atomic E-state index is 10.9. The molecule has 2 aromatic rings. The molecule has 0 heterocycles. The molecule has 0 saturated heterocycles. The predicted molar refractivity (Wildman–Crippen MR) is 74.5 cm³/mol. The van der Waals surface area contributed by atoms with E-state index in [1.807, 2.05) is 0 Å². The molecule has 0 aliphatic rings. The molecule has 0 aromatic heterocycles. The maximum atomic E-state index is 10.9. The number of carboxylic acids is 2. The van der Waals surface area contributed by atoms with Crippen LogP contribution in [-0.4, -0.2) is 22.2 Å². The zero-order chi connectivity index (χ0) is 14.7. The number of aromatic carboxylic acids is 2. The molecule has 102 valence electrons. The number of carbonyl (C=O) groups is 2. The molecule has 0 saturated carbocycles. The van der Waals surface area contributed by atoms with Gasteiger partial charge in [-0.05, 0) is 35.4 Å². The lowest BCUT2D eigenvalue weighted by Gasteiger charge is -2.11. The summed E-state index contributed by atoms with van der Waals surface area (Å²) in [6.07, 6.45) is 0. The van der Waals surface area contributed by atoms with Crippen LogP contribution in [0.25, 0.3) is 0 Å². The molecule has 0 aliphatic carbocycles. The van der Waals surface area contributed by atoms with Crippen LogP contribution in [0.3, 0.4) is 0 Å². The van der Waals surface area contributed by atoms with Crippen LogP contribution >= 0.6 is 11.6 Å². The molecule has 0 aliphatic heterocycles. The zero-order valence-corrected chi connectivity index (χ0v) is 11.0. The van der Waals surface area contributed by atoms with Crippen molar-refractivity contribution in [2.45, 2.75) is 5.38 Å². The largest absolute Gasteiger partial charge is 0.478 e. The van der Waals surface area contributed by atoms with Crippen molar-refractivity contribution in [2.24, 2.45) is 0 Å². The summed E-state index contributed by atoms with van der Waals surface area (Å²) in [5.41, 5.74) is 1.49. The molecule has 0 unspecified atom stereocenters. The third-order valence-electron chi connectivity index (χ3n) is 2.85. The number of hydrogen-bond donors (Lipinski definition) is 2. The molecule has 0 fully saturated rings. The van der Waals surface area contributed by atoms with Gasteiger partial charge in [-0.25, -0.2) is 9.59 Å². The number of alkyl halides is 1. The summed E-state index contributed by atoms with van der Waals surface area (Å²) in [6.45, 7) is 0. The Bertz CT molecular complexity index is 609. The summed E-state index contributed by atoms with van der Waals surface area (Å²) in [5, 5.41) is 17.3. The highest BCUT2D eigenvalue weighted by atomic mass is 35.5. The Labute approximate surface area is 120 Å². The van der Waals surface area contributed by atoms with Crippen LogP contribution in [-0.2, 0) is 0 Å². The molecule has 0 amide bonds. The monoisotopic (exact) mass is 290 g/mol. The molecule has 0 atom stereocenters. The smallest absolute Gasteiger partial charge is 0.335 e. The van der Waals surface area contributed by atoms with Gasteiger partial charge in [0.15, 0.2) is 0 Å². The summed E-state index contributed by atoms with van der Waals surface area (Å²) in [4.78, 5) is 21.9. The lowest BCUT2D eigenvalue weighted by molar-refractivity contribution is 0.0686. The minimum atomic E-state index is -1.03. The van der Waals surface area contributed by atoms with Gasteiger partial charge in [0.25, 0.3) is 0 Å². The number of rotatable bonds is 4. The van der Waals surface area contributed by atoms with Gasteiger partial charge in [0.2, 0.25) is 0 Å². The van der Waals surface area contributed by atoms with E-state index in [1.54, 1.807) is 24.3 Å². The summed E-state index contributed by atoms with van der Waals surface area (Å²) < 4.78 is 0. The Morgan fingerprint density at radius 3 is 1.60 bits per heavy atom. The van der Waals surface area contributed by atoms with Crippen molar-refractivity contribution in [2.75, 3.05) is 0 Å². The zero-order valence-electron chi connectivity index (χ0n) is 10.3. The fourth-order valence-electron chi connectivity index (χ4n) is 1.85. The second kappa shape index (κ2) is 5.75. The average Bonchev–Trinajstić information content (AvgIpc) is 2.46. The molecule has 20 heavy (non-hydrogen) atoms. The Kier molecular flexibility index (Phi) is 4.05. The van der Waals surface area contributed by atoms with E-state index in [9.17, 15) is 9.59 Å². The van der Waals surface area contributed by atoms with Crippen LogP contribution < -0.4 is 0 Å². The molecule has 2 N–H and O–H groups in total. The molecule has 2 aromatic carbocycles. The summed E-state index contributed by atoms with van der Waals surface area (Å²) in [5.74, 6) is -2.06. The van der Waals surface area contributed by atoms with Gasteiger partial charge in [0.05, 0.1) is 16.5 Å². The van der Waals surface area contributed by atoms with E-state index in [4.69, 9.17) is 21.8 Å². The van der Waals surface area contributed by atoms with Crippen LogP contribution in [0.4, 0.5) is 0 Å². The molecule has 0 bridgehead atoms. The first-order valence-corrected chi connectivity index (χ1v) is 6.23. The number of carboxylic acid groups (broad SMARTS) is 2. The standard InChI is InChI=1S/C15H11ClO4/c16-13(9-3-1-5-11(7-9)14(17)18)10-4-2-6-12(8-10)15(19)20/h1-8,13H,(H,17,18)(H,19,20). The fraction of sp³-hybridized carbons (Fsp3) is 0.0667. The molecule has 0 spiro atoms. The van der Waals surface area contributed by atoms with Crippen LogP contribution in [0.1, 0.15) is 37.2 Å². The van der Waals surface area contributed by atoms with E-state index < -0.39 is 17.3 Å². The highest BCUT2D eigenvalue weighted by molar-refractivity contribution is 6.22. The SMILES string of the molecule is O=C(O)c1cccc(C(Cl)c2cccc(C(=O)O)c2)c1. The van der Waals surface area contributed by atoms with E-state index >= 15 is 0 Å². The van der Waals surface area contributed by atoms with Gasteiger partial charge in [0.1, 0.15) is 0 Å². The summed E-state index contributed by atoms with van der Waals surface area (Å²) >= 11 is 6.30. The first kappa shape index (κ1) is 14.1. The third kappa shape index (κ3) is 2.97. The van der Waals surface area contributed by atoms with Gasteiger partial charge in [0, 0.05) is 0 Å². The van der Waals surface area contributed by atoms with E-state index in [-0.39, 0.29) is 11.1 Å². The van der Waals surface area contributed by atoms with Crippen molar-refractivity contribution in [1.29, 1.82) is 0 Å². The average molecular weight is 291 g/mol. The molecule has 0 radical (unpaired) electrons. The Hall–Kier alpha value is -2.33. The van der Waals surface area contributed by atoms with Gasteiger partial charge in [-0.1, -0.05) is 24.3 Å². The van der Waals surface area contributed by atoms with Crippen molar-refractivity contribution < 1.29 is 19.8 Å². The third-order valence-corrected chi connectivity index (χ3v) is 3.36. The normalized spacial score (nSPS) is 10.5. The van der Waals surface area contributed by atoms with Crippen LogP contribution in [0.2, 0.25) is 0 Å². The number of hydrogen-bond acceptors (Lipinski definition) is 2. The Morgan fingerprint density at radius 1 is 0.850 bits per heavy atom. The molecular formula is C15H11ClO4. The molecule has 5 heteroatoms. The summed E-state index contributed by atoms with van der Waals surface area (Å²) in [7, 11) is 0. The highest BCUT2D eigenvalue weighted by Gasteiger charge is 2.14. The van der Waals surface area contributed by atoms with Gasteiger partial charge < -0.3 is 10.2 Å². The van der Waals surface area contributed by atoms with Crippen molar-refractivity contribution in [1.82, 2.24) is 0 Å². The second-order valence-corrected chi connectivity index (χ2v) is 4.66. The molecule has 4 nitrogen and oxygen atoms in total. The van der Waals surface area contributed by atoms with Crippen molar-refractivity contribution in [3.05, 3.63) is 70.8 Å². The lowest BCUT2D eigenvalue weighted by atomic mass is 10.0. The van der Waals surface area contributed by atoms with Gasteiger partial charge >= 0.3 is 11.9 Å². The van der Waals surface area contributed by atoms with Crippen molar-refractivity contribution in [3.8, 4) is 0 Å². The minimum absolute atomic E-state index is 0.141. The molecular weight excluding hydrogens is 280 g/mol. The van der Waals surface area contributed by atoms with E-state index in [0.29, 0.717) is 11.1 Å². The second-order valence-electron chi connectivity index (χ2n) is 4.22. The van der Waals surface area contributed by atoms with Crippen molar-refractivity contribution >= 4 is 23.5 Å². The van der Waals surface area contributed by atoms with Gasteiger partial charge in [-0.15, -0.1) is 11.6 Å². The van der Waals surface area contributed by atoms with Gasteiger partial charge in [-0.3, -0.25) is 0 Å². The summed E-state index contributed by atoms with van der Waals surface area (Å²) in [6, 6.07) is 12.5. The first-order chi connectivity index (χ1) is 9.49. The van der Waals surface area contributed by atoms with Crippen LogP contribution in [0, 0.1) is 0 Å². The predicted octanol–water partition coefficient (Wildman–Crippen LogP) is 3.41. The number of halogens is 1. The van der Waals surface area contributed by atoms with Crippen molar-refractivity contribution in [3.63, 3.8) is 0 Å². The molecule has 2 rings (SSSR count). The fourth-order valence-corrected chi connectivity index (χ4v) is 2.12.